The second kappa shape index (κ2) is 8.59. The highest BCUT2D eigenvalue weighted by Gasteiger charge is 2.27. The lowest BCUT2D eigenvalue weighted by molar-refractivity contribution is -0.126. The van der Waals surface area contributed by atoms with Crippen LogP contribution in [0.1, 0.15) is 25.5 Å². The van der Waals surface area contributed by atoms with Gasteiger partial charge in [0.15, 0.2) is 0 Å². The smallest absolute Gasteiger partial charge is 0.278 e. The van der Waals surface area contributed by atoms with Crippen molar-refractivity contribution >= 4 is 27.7 Å². The van der Waals surface area contributed by atoms with Gasteiger partial charge in [0.25, 0.3) is 5.56 Å². The minimum atomic E-state index is -0.743. The van der Waals surface area contributed by atoms with Crippen molar-refractivity contribution < 1.29 is 9.53 Å². The first-order chi connectivity index (χ1) is 15.0. The maximum atomic E-state index is 13.0. The second-order valence-corrected chi connectivity index (χ2v) is 7.81. The van der Waals surface area contributed by atoms with Crippen LogP contribution in [0.25, 0.3) is 21.8 Å². The summed E-state index contributed by atoms with van der Waals surface area (Å²) in [6, 6.07) is 12.1. The van der Waals surface area contributed by atoms with E-state index < -0.39 is 6.04 Å². The minimum Gasteiger partial charge on any atom is -0.497 e. The van der Waals surface area contributed by atoms with Crippen LogP contribution in [-0.2, 0) is 11.2 Å². The number of carbonyl (C=O) groups excluding carboxylic acids is 1. The molecule has 0 bridgehead atoms. The fourth-order valence-electron chi connectivity index (χ4n) is 3.80. The van der Waals surface area contributed by atoms with E-state index in [1.807, 2.05) is 38.2 Å². The Balaban J connectivity index is 1.52. The van der Waals surface area contributed by atoms with Crippen LogP contribution >= 0.6 is 0 Å². The molecule has 160 valence electrons. The largest absolute Gasteiger partial charge is 0.497 e. The molecule has 0 fully saturated rings. The SMILES string of the molecule is COc1ccc2[nH]cc(CCNC(=O)[C@@H](C(C)C)n3nnc4ccccc4c3=O)c2c1. The molecule has 8 nitrogen and oxygen atoms in total. The van der Waals surface area contributed by atoms with Crippen LogP contribution in [0.2, 0.25) is 0 Å². The molecule has 2 heterocycles. The normalized spacial score (nSPS) is 12.4. The van der Waals surface area contributed by atoms with E-state index >= 15 is 0 Å². The molecular weight excluding hydrogens is 394 g/mol. The predicted molar refractivity (Wildman–Crippen MR) is 119 cm³/mol. The molecule has 0 aliphatic heterocycles. The third kappa shape index (κ3) is 4.01. The lowest BCUT2D eigenvalue weighted by atomic mass is 10.0. The molecule has 8 heteroatoms. The van der Waals surface area contributed by atoms with Gasteiger partial charge >= 0.3 is 0 Å². The summed E-state index contributed by atoms with van der Waals surface area (Å²) in [5, 5.41) is 12.6. The summed E-state index contributed by atoms with van der Waals surface area (Å²) >= 11 is 0. The Bertz CT molecular complexity index is 1290. The molecule has 0 saturated heterocycles. The fourth-order valence-corrected chi connectivity index (χ4v) is 3.80. The van der Waals surface area contributed by atoms with Crippen molar-refractivity contribution in [3.8, 4) is 5.75 Å². The number of amides is 1. The summed E-state index contributed by atoms with van der Waals surface area (Å²) in [6.45, 7) is 4.21. The zero-order valence-corrected chi connectivity index (χ0v) is 17.8. The average molecular weight is 419 g/mol. The van der Waals surface area contributed by atoms with Crippen molar-refractivity contribution in [3.05, 3.63) is 64.6 Å². The standard InChI is InChI=1S/C23H25N5O3/c1-14(2)21(28-23(30)17-6-4-5-7-20(17)26-27-28)22(29)24-11-10-15-13-25-19-9-8-16(31-3)12-18(15)19/h4-9,12-14,21,25H,10-11H2,1-3H3,(H,24,29)/t21-/m1/s1. The molecule has 2 N–H and O–H groups in total. The van der Waals surface area contributed by atoms with Crippen LogP contribution in [-0.4, -0.2) is 39.5 Å². The van der Waals surface area contributed by atoms with Crippen LogP contribution in [0.3, 0.4) is 0 Å². The number of ether oxygens (including phenoxy) is 1. The van der Waals surface area contributed by atoms with Gasteiger partial charge in [0.2, 0.25) is 5.91 Å². The second-order valence-electron chi connectivity index (χ2n) is 7.81. The number of hydrogen-bond donors (Lipinski definition) is 2. The van der Waals surface area contributed by atoms with Gasteiger partial charge in [0, 0.05) is 23.6 Å². The van der Waals surface area contributed by atoms with Crippen LogP contribution in [0.5, 0.6) is 5.75 Å². The molecule has 0 aliphatic carbocycles. The van der Waals surface area contributed by atoms with E-state index in [-0.39, 0.29) is 17.4 Å². The third-order valence-corrected chi connectivity index (χ3v) is 5.42. The molecule has 1 atom stereocenters. The number of fused-ring (bicyclic) bond motifs is 2. The number of nitrogens with zero attached hydrogens (tertiary/aromatic N) is 3. The number of aromatic amines is 1. The molecule has 0 aliphatic rings. The Morgan fingerprint density at radius 3 is 2.77 bits per heavy atom. The Hall–Kier alpha value is -3.68. The number of H-pyrrole nitrogens is 1. The summed E-state index contributed by atoms with van der Waals surface area (Å²) in [4.78, 5) is 29.1. The van der Waals surface area contributed by atoms with Crippen LogP contribution in [0.15, 0.2) is 53.5 Å². The summed E-state index contributed by atoms with van der Waals surface area (Å²) in [7, 11) is 1.64. The van der Waals surface area contributed by atoms with Crippen molar-refractivity contribution in [3.63, 3.8) is 0 Å². The number of hydrogen-bond acceptors (Lipinski definition) is 5. The fraction of sp³-hybridized carbons (Fsp3) is 0.304. The van der Waals surface area contributed by atoms with Gasteiger partial charge in [-0.3, -0.25) is 9.59 Å². The van der Waals surface area contributed by atoms with Gasteiger partial charge < -0.3 is 15.0 Å². The maximum absolute atomic E-state index is 13.0. The Morgan fingerprint density at radius 2 is 2.00 bits per heavy atom. The Labute approximate surface area is 179 Å². The topological polar surface area (TPSA) is 102 Å². The van der Waals surface area contributed by atoms with Gasteiger partial charge in [-0.05, 0) is 48.2 Å². The zero-order valence-electron chi connectivity index (χ0n) is 17.8. The Morgan fingerprint density at radius 1 is 1.19 bits per heavy atom. The van der Waals surface area contributed by atoms with Crippen molar-refractivity contribution in [1.29, 1.82) is 0 Å². The zero-order chi connectivity index (χ0) is 22.0. The molecule has 0 saturated carbocycles. The van der Waals surface area contributed by atoms with Gasteiger partial charge in [-0.25, -0.2) is 0 Å². The third-order valence-electron chi connectivity index (χ3n) is 5.42. The van der Waals surface area contributed by atoms with Crippen molar-refractivity contribution in [2.45, 2.75) is 26.3 Å². The van der Waals surface area contributed by atoms with E-state index in [0.29, 0.717) is 23.9 Å². The van der Waals surface area contributed by atoms with Gasteiger partial charge in [-0.2, -0.15) is 4.68 Å². The van der Waals surface area contributed by atoms with Crippen molar-refractivity contribution in [2.75, 3.05) is 13.7 Å². The number of carbonyl (C=O) groups is 1. The highest BCUT2D eigenvalue weighted by molar-refractivity contribution is 5.85. The highest BCUT2D eigenvalue weighted by atomic mass is 16.5. The molecule has 4 aromatic rings. The van der Waals surface area contributed by atoms with E-state index in [9.17, 15) is 9.59 Å². The molecule has 31 heavy (non-hydrogen) atoms. The average Bonchev–Trinajstić information content (AvgIpc) is 3.17. The molecular formula is C23H25N5O3. The number of rotatable bonds is 7. The summed E-state index contributed by atoms with van der Waals surface area (Å²) < 4.78 is 6.50. The molecule has 4 rings (SSSR count). The summed E-state index contributed by atoms with van der Waals surface area (Å²) in [5.74, 6) is 0.399. The van der Waals surface area contributed by atoms with Crippen LogP contribution < -0.4 is 15.6 Å². The Kier molecular flexibility index (Phi) is 5.70. The first-order valence-electron chi connectivity index (χ1n) is 10.3. The van der Waals surface area contributed by atoms with E-state index in [0.717, 1.165) is 22.2 Å². The van der Waals surface area contributed by atoms with Gasteiger partial charge in [0.05, 0.1) is 12.5 Å². The van der Waals surface area contributed by atoms with E-state index in [1.54, 1.807) is 31.4 Å². The minimum absolute atomic E-state index is 0.134. The number of nitrogens with one attached hydrogen (secondary N) is 2. The highest BCUT2D eigenvalue weighted by Crippen LogP contribution is 2.24. The number of aromatic nitrogens is 4. The van der Waals surface area contributed by atoms with E-state index in [2.05, 4.69) is 20.6 Å². The first-order valence-corrected chi connectivity index (χ1v) is 10.3. The predicted octanol–water partition coefficient (Wildman–Crippen LogP) is 2.84. The van der Waals surface area contributed by atoms with Crippen molar-refractivity contribution in [2.24, 2.45) is 5.92 Å². The van der Waals surface area contributed by atoms with Crippen LogP contribution in [0, 0.1) is 5.92 Å². The summed E-state index contributed by atoms with van der Waals surface area (Å²) in [5.41, 5.74) is 2.29. The summed E-state index contributed by atoms with van der Waals surface area (Å²) in [6.07, 6.45) is 2.58. The monoisotopic (exact) mass is 419 g/mol. The maximum Gasteiger partial charge on any atom is 0.278 e. The lowest BCUT2D eigenvalue weighted by Gasteiger charge is -2.21. The van der Waals surface area contributed by atoms with Crippen molar-refractivity contribution in [1.82, 2.24) is 25.3 Å². The molecule has 0 spiro atoms. The van der Waals surface area contributed by atoms with Gasteiger partial charge in [0.1, 0.15) is 17.3 Å². The van der Waals surface area contributed by atoms with Crippen LogP contribution in [0.4, 0.5) is 0 Å². The lowest BCUT2D eigenvalue weighted by Crippen LogP contribution is -2.42. The molecule has 2 aromatic heterocycles. The molecule has 0 unspecified atom stereocenters. The van der Waals surface area contributed by atoms with E-state index in [1.165, 1.54) is 4.68 Å². The molecule has 2 aromatic carbocycles. The quantitative estimate of drug-likeness (QED) is 0.480. The van der Waals surface area contributed by atoms with Gasteiger partial charge in [-0.15, -0.1) is 5.10 Å². The van der Waals surface area contributed by atoms with E-state index in [4.69, 9.17) is 4.74 Å². The first kappa shape index (κ1) is 20.6. The molecule has 0 radical (unpaired) electrons. The number of methoxy groups -OCH3 is 1. The van der Waals surface area contributed by atoms with Gasteiger partial charge in [-0.1, -0.05) is 31.2 Å². The number of benzene rings is 2. The molecule has 1 amide bonds.